The van der Waals surface area contributed by atoms with Crippen molar-refractivity contribution >= 4 is 40.7 Å². The molecule has 3 amide bonds. The highest BCUT2D eigenvalue weighted by atomic mass is 16.5. The molecule has 1 unspecified atom stereocenters. The fraction of sp³-hybridized carbons (Fsp3) is 0.517. The van der Waals surface area contributed by atoms with Crippen molar-refractivity contribution in [3.63, 3.8) is 0 Å². The number of hydrogen-bond acceptors (Lipinski definition) is 8. The standard InChI is InChI=1S/C29H38N6O6/c1-15(2)22-25(37)30-16(3)26(38)35-13-7-8-20(34-35)27(39)41-17(4)23-31-21-14-18(9-10-19(21)24(36)33-23)11-12-29(5,6)28(40)32-22/h9-12,14-17,20,22,34H,7-8,13H2,1-6H3,(H,30,37)(H,32,40)(H,31,33,36)/t16-,17+,20?,22-/m0/s1. The normalized spacial score (nSPS) is 26.1. The van der Waals surface area contributed by atoms with Gasteiger partial charge in [-0.15, -0.1) is 0 Å². The van der Waals surface area contributed by atoms with Crippen molar-refractivity contribution in [1.29, 1.82) is 0 Å². The molecule has 12 heteroatoms. The van der Waals surface area contributed by atoms with E-state index in [0.29, 0.717) is 35.9 Å². The molecule has 0 aliphatic carbocycles. The summed E-state index contributed by atoms with van der Waals surface area (Å²) in [5.74, 6) is -1.94. The minimum Gasteiger partial charge on any atom is -0.453 e. The maximum absolute atomic E-state index is 13.3. The summed E-state index contributed by atoms with van der Waals surface area (Å²) in [6.07, 6.45) is 3.57. The highest BCUT2D eigenvalue weighted by Crippen LogP contribution is 2.23. The van der Waals surface area contributed by atoms with Gasteiger partial charge < -0.3 is 20.4 Å². The van der Waals surface area contributed by atoms with Crippen LogP contribution in [0.4, 0.5) is 0 Å². The number of H-pyrrole nitrogens is 1. The molecule has 2 aromatic rings. The minimum absolute atomic E-state index is 0.183. The van der Waals surface area contributed by atoms with Crippen molar-refractivity contribution in [2.45, 2.75) is 78.6 Å². The number of nitrogens with one attached hydrogen (secondary N) is 4. The number of amides is 3. The van der Waals surface area contributed by atoms with E-state index >= 15 is 0 Å². The van der Waals surface area contributed by atoms with E-state index in [0.717, 1.165) is 0 Å². The van der Waals surface area contributed by atoms with Gasteiger partial charge in [0.15, 0.2) is 11.9 Å². The van der Waals surface area contributed by atoms with Gasteiger partial charge in [0.25, 0.3) is 11.5 Å². The second-order valence-electron chi connectivity index (χ2n) is 11.6. The van der Waals surface area contributed by atoms with Crippen LogP contribution in [0.3, 0.4) is 0 Å². The van der Waals surface area contributed by atoms with Crippen LogP contribution in [0.5, 0.6) is 0 Å². The first kappa shape index (κ1) is 29.9. The summed E-state index contributed by atoms with van der Waals surface area (Å²) >= 11 is 0. The van der Waals surface area contributed by atoms with Gasteiger partial charge in [-0.3, -0.25) is 29.0 Å². The molecule has 1 aromatic carbocycles. The third-order valence-electron chi connectivity index (χ3n) is 7.41. The molecule has 4 rings (SSSR count). The van der Waals surface area contributed by atoms with Gasteiger partial charge in [0, 0.05) is 6.54 Å². The number of esters is 1. The Hall–Kier alpha value is -4.06. The molecule has 0 spiro atoms. The highest BCUT2D eigenvalue weighted by Gasteiger charge is 2.35. The van der Waals surface area contributed by atoms with Gasteiger partial charge >= 0.3 is 5.97 Å². The number of aromatic nitrogens is 2. The molecule has 3 heterocycles. The molecule has 4 atom stereocenters. The maximum Gasteiger partial charge on any atom is 0.325 e. The Morgan fingerprint density at radius 3 is 2.51 bits per heavy atom. The molecule has 2 aliphatic rings. The molecule has 1 saturated heterocycles. The summed E-state index contributed by atoms with van der Waals surface area (Å²) in [5.41, 5.74) is 2.65. The number of nitrogens with zero attached hydrogens (tertiary/aromatic N) is 2. The molecule has 1 fully saturated rings. The summed E-state index contributed by atoms with van der Waals surface area (Å²) in [4.78, 5) is 72.7. The van der Waals surface area contributed by atoms with E-state index in [1.165, 1.54) is 5.01 Å². The summed E-state index contributed by atoms with van der Waals surface area (Å²) in [6.45, 7) is 10.6. The van der Waals surface area contributed by atoms with E-state index < -0.39 is 47.4 Å². The fourth-order valence-corrected chi connectivity index (χ4v) is 4.74. The van der Waals surface area contributed by atoms with Crippen molar-refractivity contribution in [3.05, 3.63) is 46.0 Å². The summed E-state index contributed by atoms with van der Waals surface area (Å²) in [5, 5.41) is 7.22. The smallest absolute Gasteiger partial charge is 0.325 e. The number of hydrazine groups is 1. The molecular weight excluding hydrogens is 528 g/mol. The number of hydrogen-bond donors (Lipinski definition) is 4. The third-order valence-corrected chi connectivity index (χ3v) is 7.41. The van der Waals surface area contributed by atoms with Crippen molar-refractivity contribution in [3.8, 4) is 0 Å². The lowest BCUT2D eigenvalue weighted by Gasteiger charge is -2.35. The summed E-state index contributed by atoms with van der Waals surface area (Å²) in [7, 11) is 0. The minimum atomic E-state index is -0.995. The lowest BCUT2D eigenvalue weighted by Crippen LogP contribution is -2.61. The van der Waals surface area contributed by atoms with E-state index in [9.17, 15) is 24.0 Å². The molecular formula is C29H38N6O6. The van der Waals surface area contributed by atoms with Crippen LogP contribution in [-0.2, 0) is 23.9 Å². The van der Waals surface area contributed by atoms with Crippen molar-refractivity contribution < 1.29 is 23.9 Å². The number of fused-ring (bicyclic) bond motifs is 4. The number of rotatable bonds is 1. The Balaban J connectivity index is 1.74. The molecule has 41 heavy (non-hydrogen) atoms. The molecule has 0 radical (unpaired) electrons. The zero-order valence-corrected chi connectivity index (χ0v) is 24.2. The van der Waals surface area contributed by atoms with Gasteiger partial charge in [-0.05, 0) is 64.2 Å². The van der Waals surface area contributed by atoms with E-state index in [1.54, 1.807) is 58.0 Å². The molecule has 0 saturated carbocycles. The second-order valence-corrected chi connectivity index (χ2v) is 11.6. The molecule has 4 N–H and O–H groups in total. The number of cyclic esters (lactones) is 1. The Morgan fingerprint density at radius 2 is 1.80 bits per heavy atom. The van der Waals surface area contributed by atoms with Crippen molar-refractivity contribution in [2.24, 2.45) is 11.3 Å². The molecule has 2 aliphatic heterocycles. The quantitative estimate of drug-likeness (QED) is 0.379. The second kappa shape index (κ2) is 11.8. The molecule has 1 aromatic heterocycles. The van der Waals surface area contributed by atoms with Gasteiger partial charge in [-0.2, -0.15) is 0 Å². The van der Waals surface area contributed by atoms with Gasteiger partial charge in [-0.1, -0.05) is 32.1 Å². The first-order valence-corrected chi connectivity index (χ1v) is 13.9. The van der Waals surface area contributed by atoms with Crippen LogP contribution in [0.25, 0.3) is 17.0 Å². The topological polar surface area (TPSA) is 163 Å². The van der Waals surface area contributed by atoms with E-state index in [-0.39, 0.29) is 23.2 Å². The lowest BCUT2D eigenvalue weighted by atomic mass is 9.89. The number of carbonyl (C=O) groups excluding carboxylic acids is 4. The largest absolute Gasteiger partial charge is 0.453 e. The van der Waals surface area contributed by atoms with Gasteiger partial charge in [0.05, 0.1) is 16.3 Å². The van der Waals surface area contributed by atoms with Crippen LogP contribution in [0.1, 0.15) is 71.9 Å². The summed E-state index contributed by atoms with van der Waals surface area (Å²) < 4.78 is 5.63. The predicted octanol–water partition coefficient (Wildman–Crippen LogP) is 1.72. The number of benzene rings is 1. The summed E-state index contributed by atoms with van der Waals surface area (Å²) in [6, 6.07) is 2.49. The first-order valence-electron chi connectivity index (χ1n) is 13.9. The van der Waals surface area contributed by atoms with Crippen LogP contribution >= 0.6 is 0 Å². The number of carbonyl (C=O) groups is 4. The monoisotopic (exact) mass is 566 g/mol. The Bertz CT molecular complexity index is 1450. The third kappa shape index (κ3) is 6.64. The molecule has 12 nitrogen and oxygen atoms in total. The highest BCUT2D eigenvalue weighted by molar-refractivity contribution is 5.94. The Kier molecular flexibility index (Phi) is 8.62. The van der Waals surface area contributed by atoms with Crippen LogP contribution in [0.15, 0.2) is 29.1 Å². The van der Waals surface area contributed by atoms with Crippen LogP contribution in [0.2, 0.25) is 0 Å². The number of aromatic amines is 1. The van der Waals surface area contributed by atoms with Gasteiger partial charge in [0.2, 0.25) is 11.8 Å². The van der Waals surface area contributed by atoms with E-state index in [2.05, 4.69) is 26.0 Å². The Morgan fingerprint density at radius 1 is 1.07 bits per heavy atom. The zero-order valence-electron chi connectivity index (χ0n) is 24.2. The van der Waals surface area contributed by atoms with Crippen molar-refractivity contribution in [1.82, 2.24) is 31.0 Å². The van der Waals surface area contributed by atoms with Crippen LogP contribution < -0.4 is 21.6 Å². The predicted molar refractivity (Wildman–Crippen MR) is 152 cm³/mol. The Labute approximate surface area is 238 Å². The van der Waals surface area contributed by atoms with Gasteiger partial charge in [-0.25, -0.2) is 10.4 Å². The lowest BCUT2D eigenvalue weighted by molar-refractivity contribution is -0.157. The average Bonchev–Trinajstić information content (AvgIpc) is 2.93. The molecule has 220 valence electrons. The maximum atomic E-state index is 13.3. The van der Waals surface area contributed by atoms with E-state index in [4.69, 9.17) is 4.74 Å². The SMILES string of the molecule is CC(C)[C@@H]1NC(=O)C(C)(C)C=Cc2ccc3c(=O)[nH]c(nc3c2)[C@@H](C)OC(=O)C2CCCN(N2)C(=O)[C@H](C)NC1=O. The van der Waals surface area contributed by atoms with Gasteiger partial charge in [0.1, 0.15) is 18.1 Å². The van der Waals surface area contributed by atoms with Crippen molar-refractivity contribution in [2.75, 3.05) is 6.54 Å². The average molecular weight is 567 g/mol. The number of ether oxygens (including phenoxy) is 1. The van der Waals surface area contributed by atoms with Crippen LogP contribution in [-0.4, -0.2) is 63.3 Å². The zero-order chi connectivity index (χ0) is 30.1. The van der Waals surface area contributed by atoms with E-state index in [1.807, 2.05) is 13.8 Å². The van der Waals surface area contributed by atoms with Crippen LogP contribution in [0, 0.1) is 11.3 Å². The molecule has 5 bridgehead atoms. The first-order chi connectivity index (χ1) is 19.3. The fourth-order valence-electron chi connectivity index (χ4n) is 4.74.